The Morgan fingerprint density at radius 2 is 1.94 bits per heavy atom. The van der Waals surface area contributed by atoms with Gasteiger partial charge in [-0.15, -0.1) is 0 Å². The fraction of sp³-hybridized carbons (Fsp3) is 0.571. The van der Waals surface area contributed by atoms with Crippen LogP contribution < -0.4 is 4.74 Å². The van der Waals surface area contributed by atoms with Crippen molar-refractivity contribution in [2.45, 2.75) is 39.4 Å². The first kappa shape index (κ1) is 14.0. The molecule has 0 spiro atoms. The Morgan fingerprint density at radius 1 is 1.24 bits per heavy atom. The summed E-state index contributed by atoms with van der Waals surface area (Å²) in [4.78, 5) is 0. The molecule has 1 rings (SSSR count). The number of aliphatic hydroxyl groups is 1. The van der Waals surface area contributed by atoms with Crippen LogP contribution in [0.1, 0.15) is 39.4 Å². The summed E-state index contributed by atoms with van der Waals surface area (Å²) in [7, 11) is 0. The minimum absolute atomic E-state index is 0.134. The van der Waals surface area contributed by atoms with Crippen molar-refractivity contribution in [3.63, 3.8) is 0 Å². The molecule has 0 saturated carbocycles. The molecule has 3 heteroatoms. The van der Waals surface area contributed by atoms with E-state index in [0.717, 1.165) is 11.3 Å². The largest absolute Gasteiger partial charge is 0.491 e. The highest BCUT2D eigenvalue weighted by Gasteiger charge is 2.09. The SMILES string of the molecule is C[C@@H](O)c1cccc(OCCOC(C)(C)C)c1. The summed E-state index contributed by atoms with van der Waals surface area (Å²) in [5.74, 6) is 0.765. The van der Waals surface area contributed by atoms with Crippen molar-refractivity contribution < 1.29 is 14.6 Å². The molecule has 3 nitrogen and oxygen atoms in total. The summed E-state index contributed by atoms with van der Waals surface area (Å²) in [5.41, 5.74) is 0.726. The minimum Gasteiger partial charge on any atom is -0.491 e. The number of benzene rings is 1. The smallest absolute Gasteiger partial charge is 0.119 e. The predicted octanol–water partition coefficient (Wildman–Crippen LogP) is 2.93. The lowest BCUT2D eigenvalue weighted by molar-refractivity contribution is -0.0163. The van der Waals surface area contributed by atoms with Crippen LogP contribution in [0.25, 0.3) is 0 Å². The molecular formula is C14H22O3. The van der Waals surface area contributed by atoms with E-state index >= 15 is 0 Å². The second-order valence-electron chi connectivity index (χ2n) is 5.06. The van der Waals surface area contributed by atoms with Gasteiger partial charge in [0.2, 0.25) is 0 Å². The Hall–Kier alpha value is -1.06. The van der Waals surface area contributed by atoms with Crippen molar-refractivity contribution in [3.8, 4) is 5.75 Å². The summed E-state index contributed by atoms with van der Waals surface area (Å²) in [6, 6.07) is 7.48. The quantitative estimate of drug-likeness (QED) is 0.802. The molecule has 1 aromatic rings. The summed E-state index contributed by atoms with van der Waals surface area (Å²) in [6.45, 7) is 8.86. The standard InChI is InChI=1S/C14H22O3/c1-11(15)12-6-5-7-13(10-12)16-8-9-17-14(2,3)4/h5-7,10-11,15H,8-9H2,1-4H3/t11-/m1/s1. The van der Waals surface area contributed by atoms with E-state index in [2.05, 4.69) is 0 Å². The van der Waals surface area contributed by atoms with Crippen LogP contribution >= 0.6 is 0 Å². The van der Waals surface area contributed by atoms with E-state index in [0.29, 0.717) is 13.2 Å². The molecule has 0 aliphatic carbocycles. The lowest BCUT2D eigenvalue weighted by Gasteiger charge is -2.19. The summed E-state index contributed by atoms with van der Waals surface area (Å²) < 4.78 is 11.1. The molecule has 1 N–H and O–H groups in total. The third-order valence-corrected chi connectivity index (χ3v) is 2.23. The minimum atomic E-state index is -0.468. The average Bonchev–Trinajstić information content (AvgIpc) is 2.23. The Labute approximate surface area is 103 Å². The Bertz CT molecular complexity index is 340. The van der Waals surface area contributed by atoms with Crippen LogP contribution in [0.2, 0.25) is 0 Å². The second-order valence-corrected chi connectivity index (χ2v) is 5.06. The van der Waals surface area contributed by atoms with Gasteiger partial charge in [0.15, 0.2) is 0 Å². The summed E-state index contributed by atoms with van der Waals surface area (Å²) >= 11 is 0. The van der Waals surface area contributed by atoms with Crippen molar-refractivity contribution in [3.05, 3.63) is 29.8 Å². The van der Waals surface area contributed by atoms with Gasteiger partial charge >= 0.3 is 0 Å². The van der Waals surface area contributed by atoms with Crippen LogP contribution in [-0.2, 0) is 4.74 Å². The van der Waals surface area contributed by atoms with Crippen molar-refractivity contribution in [2.24, 2.45) is 0 Å². The molecule has 0 amide bonds. The van der Waals surface area contributed by atoms with E-state index in [1.54, 1.807) is 6.92 Å². The molecule has 0 unspecified atom stereocenters. The molecule has 96 valence electrons. The van der Waals surface area contributed by atoms with Gasteiger partial charge in [0.1, 0.15) is 12.4 Å². The Morgan fingerprint density at radius 3 is 2.53 bits per heavy atom. The van der Waals surface area contributed by atoms with Crippen LogP contribution in [0.15, 0.2) is 24.3 Å². The predicted molar refractivity (Wildman–Crippen MR) is 68.3 cm³/mol. The van der Waals surface area contributed by atoms with Crippen LogP contribution in [-0.4, -0.2) is 23.9 Å². The molecule has 1 atom stereocenters. The van der Waals surface area contributed by atoms with Crippen LogP contribution in [0.4, 0.5) is 0 Å². The fourth-order valence-electron chi connectivity index (χ4n) is 1.37. The Kier molecular flexibility index (Phi) is 4.97. The zero-order chi connectivity index (χ0) is 12.9. The van der Waals surface area contributed by atoms with E-state index in [9.17, 15) is 5.11 Å². The van der Waals surface area contributed by atoms with Gasteiger partial charge in [-0.05, 0) is 45.4 Å². The molecule has 0 bridgehead atoms. The topological polar surface area (TPSA) is 38.7 Å². The maximum atomic E-state index is 9.45. The normalized spacial score (nSPS) is 13.5. The Balaban J connectivity index is 2.39. The number of hydrogen-bond acceptors (Lipinski definition) is 3. The van der Waals surface area contributed by atoms with Crippen molar-refractivity contribution in [1.82, 2.24) is 0 Å². The van der Waals surface area contributed by atoms with E-state index in [1.807, 2.05) is 45.0 Å². The highest BCUT2D eigenvalue weighted by molar-refractivity contribution is 5.29. The van der Waals surface area contributed by atoms with E-state index < -0.39 is 6.10 Å². The van der Waals surface area contributed by atoms with Crippen LogP contribution in [0.5, 0.6) is 5.75 Å². The maximum absolute atomic E-state index is 9.45. The number of rotatable bonds is 5. The van der Waals surface area contributed by atoms with Gasteiger partial charge in [-0.2, -0.15) is 0 Å². The average molecular weight is 238 g/mol. The van der Waals surface area contributed by atoms with Crippen molar-refractivity contribution >= 4 is 0 Å². The maximum Gasteiger partial charge on any atom is 0.119 e. The lowest BCUT2D eigenvalue weighted by atomic mass is 10.1. The third-order valence-electron chi connectivity index (χ3n) is 2.23. The number of hydrogen-bond donors (Lipinski definition) is 1. The van der Waals surface area contributed by atoms with Crippen LogP contribution in [0.3, 0.4) is 0 Å². The number of aliphatic hydroxyl groups excluding tert-OH is 1. The molecule has 0 aliphatic heterocycles. The first-order valence-corrected chi connectivity index (χ1v) is 5.93. The zero-order valence-corrected chi connectivity index (χ0v) is 11.1. The van der Waals surface area contributed by atoms with E-state index in [1.165, 1.54) is 0 Å². The number of ether oxygens (including phenoxy) is 2. The molecule has 0 fully saturated rings. The fourth-order valence-corrected chi connectivity index (χ4v) is 1.37. The molecule has 1 aromatic carbocycles. The summed E-state index contributed by atoms with van der Waals surface area (Å²) in [5, 5.41) is 9.45. The second kappa shape index (κ2) is 6.03. The highest BCUT2D eigenvalue weighted by Crippen LogP contribution is 2.18. The van der Waals surface area contributed by atoms with Gasteiger partial charge in [-0.1, -0.05) is 12.1 Å². The van der Waals surface area contributed by atoms with Gasteiger partial charge in [-0.25, -0.2) is 0 Å². The van der Waals surface area contributed by atoms with Crippen molar-refractivity contribution in [2.75, 3.05) is 13.2 Å². The summed E-state index contributed by atoms with van der Waals surface area (Å²) in [6.07, 6.45) is -0.468. The first-order chi connectivity index (χ1) is 7.88. The monoisotopic (exact) mass is 238 g/mol. The molecule has 0 aromatic heterocycles. The van der Waals surface area contributed by atoms with E-state index in [-0.39, 0.29) is 5.60 Å². The molecule has 0 heterocycles. The molecule has 17 heavy (non-hydrogen) atoms. The lowest BCUT2D eigenvalue weighted by Crippen LogP contribution is -2.22. The van der Waals surface area contributed by atoms with Gasteiger partial charge in [-0.3, -0.25) is 0 Å². The van der Waals surface area contributed by atoms with E-state index in [4.69, 9.17) is 9.47 Å². The highest BCUT2D eigenvalue weighted by atomic mass is 16.5. The van der Waals surface area contributed by atoms with Gasteiger partial charge in [0.05, 0.1) is 18.3 Å². The molecular weight excluding hydrogens is 216 g/mol. The molecule has 0 aliphatic rings. The molecule has 0 saturated heterocycles. The van der Waals surface area contributed by atoms with Crippen LogP contribution in [0, 0.1) is 0 Å². The molecule has 0 radical (unpaired) electrons. The zero-order valence-electron chi connectivity index (χ0n) is 11.1. The van der Waals surface area contributed by atoms with Gasteiger partial charge < -0.3 is 14.6 Å². The van der Waals surface area contributed by atoms with Gasteiger partial charge in [0.25, 0.3) is 0 Å². The van der Waals surface area contributed by atoms with Gasteiger partial charge in [0, 0.05) is 0 Å². The third kappa shape index (κ3) is 5.71. The van der Waals surface area contributed by atoms with Crippen molar-refractivity contribution in [1.29, 1.82) is 0 Å². The first-order valence-electron chi connectivity index (χ1n) is 5.93.